The lowest BCUT2D eigenvalue weighted by Gasteiger charge is -2.32. The van der Waals surface area contributed by atoms with Crippen LogP contribution in [-0.2, 0) is 10.0 Å². The third-order valence-electron chi connectivity index (χ3n) is 5.33. The molecule has 0 unspecified atom stereocenters. The summed E-state index contributed by atoms with van der Waals surface area (Å²) in [6.45, 7) is 2.74. The standard InChI is InChI=1S/C16H30F3N5O2S/c1-20-15(21-8-3-13-4-9-23(2)10-5-13)22-14-6-11-24(12-7-14)27(25,26)16(17,18)19/h13-14H,3-12H2,1-2H3,(H2,20,21,22). The number of hydrogen-bond donors (Lipinski definition) is 2. The highest BCUT2D eigenvalue weighted by Gasteiger charge is 2.50. The van der Waals surface area contributed by atoms with Crippen LogP contribution in [0.25, 0.3) is 0 Å². The zero-order valence-corrected chi connectivity index (χ0v) is 16.7. The largest absolute Gasteiger partial charge is 0.511 e. The van der Waals surface area contributed by atoms with E-state index in [0.29, 0.717) is 29.0 Å². The first-order valence-corrected chi connectivity index (χ1v) is 10.8. The molecule has 11 heteroatoms. The molecule has 0 radical (unpaired) electrons. The Morgan fingerprint density at radius 3 is 2.22 bits per heavy atom. The number of piperidine rings is 2. The van der Waals surface area contributed by atoms with Gasteiger partial charge in [-0.3, -0.25) is 4.99 Å². The Kier molecular flexibility index (Phi) is 7.75. The highest BCUT2D eigenvalue weighted by atomic mass is 32.2. The van der Waals surface area contributed by atoms with Crippen molar-refractivity contribution < 1.29 is 21.6 Å². The van der Waals surface area contributed by atoms with E-state index in [9.17, 15) is 21.6 Å². The number of halogens is 3. The monoisotopic (exact) mass is 413 g/mol. The molecule has 2 N–H and O–H groups in total. The second kappa shape index (κ2) is 9.42. The van der Waals surface area contributed by atoms with Gasteiger partial charge in [-0.25, -0.2) is 8.42 Å². The molecular formula is C16H30F3N5O2S. The summed E-state index contributed by atoms with van der Waals surface area (Å²) < 4.78 is 61.3. The van der Waals surface area contributed by atoms with Crippen molar-refractivity contribution in [1.82, 2.24) is 19.8 Å². The highest BCUT2D eigenvalue weighted by Crippen LogP contribution is 2.28. The summed E-state index contributed by atoms with van der Waals surface area (Å²) in [7, 11) is -1.45. The van der Waals surface area contributed by atoms with Crippen molar-refractivity contribution >= 4 is 16.0 Å². The van der Waals surface area contributed by atoms with Crippen molar-refractivity contribution in [3.63, 3.8) is 0 Å². The topological polar surface area (TPSA) is 77.0 Å². The molecule has 27 heavy (non-hydrogen) atoms. The van der Waals surface area contributed by atoms with Crippen molar-refractivity contribution in [2.24, 2.45) is 10.9 Å². The third-order valence-corrected chi connectivity index (χ3v) is 6.96. The third kappa shape index (κ3) is 6.21. The van der Waals surface area contributed by atoms with Crippen molar-refractivity contribution in [2.45, 2.75) is 43.7 Å². The summed E-state index contributed by atoms with van der Waals surface area (Å²) in [6, 6.07) is -0.0980. The first-order valence-electron chi connectivity index (χ1n) is 9.35. The minimum atomic E-state index is -5.24. The Balaban J connectivity index is 1.72. The predicted octanol–water partition coefficient (Wildman–Crippen LogP) is 1.20. The number of alkyl halides is 3. The number of nitrogens with one attached hydrogen (secondary N) is 2. The van der Waals surface area contributed by atoms with E-state index < -0.39 is 15.5 Å². The average molecular weight is 414 g/mol. The first kappa shape index (κ1) is 22.2. The summed E-state index contributed by atoms with van der Waals surface area (Å²) in [5, 5.41) is 6.44. The van der Waals surface area contributed by atoms with Gasteiger partial charge in [0.25, 0.3) is 0 Å². The molecule has 0 bridgehead atoms. The van der Waals surface area contributed by atoms with E-state index >= 15 is 0 Å². The molecule has 2 fully saturated rings. The lowest BCUT2D eigenvalue weighted by molar-refractivity contribution is -0.0494. The van der Waals surface area contributed by atoms with Crippen molar-refractivity contribution in [3.8, 4) is 0 Å². The fourth-order valence-corrected chi connectivity index (χ4v) is 4.50. The summed E-state index contributed by atoms with van der Waals surface area (Å²) in [4.78, 5) is 6.49. The molecule has 7 nitrogen and oxygen atoms in total. The smallest absolute Gasteiger partial charge is 0.356 e. The van der Waals surface area contributed by atoms with E-state index in [1.807, 2.05) is 0 Å². The van der Waals surface area contributed by atoms with Crippen LogP contribution in [0.15, 0.2) is 4.99 Å². The van der Waals surface area contributed by atoms with Crippen LogP contribution in [0.1, 0.15) is 32.1 Å². The number of rotatable bonds is 5. The van der Waals surface area contributed by atoms with Crippen LogP contribution < -0.4 is 10.6 Å². The minimum absolute atomic E-state index is 0.0980. The van der Waals surface area contributed by atoms with E-state index in [2.05, 4.69) is 27.6 Å². The molecule has 0 saturated carbocycles. The molecule has 0 spiro atoms. The second-order valence-corrected chi connectivity index (χ2v) is 9.23. The molecule has 158 valence electrons. The van der Waals surface area contributed by atoms with Crippen molar-refractivity contribution in [1.29, 1.82) is 0 Å². The van der Waals surface area contributed by atoms with Crippen LogP contribution >= 0.6 is 0 Å². The Hall–Kier alpha value is -1.07. The van der Waals surface area contributed by atoms with Crippen molar-refractivity contribution in [2.75, 3.05) is 46.8 Å². The van der Waals surface area contributed by atoms with Crippen LogP contribution in [0, 0.1) is 5.92 Å². The van der Waals surface area contributed by atoms with E-state index in [-0.39, 0.29) is 19.1 Å². The maximum Gasteiger partial charge on any atom is 0.511 e. The van der Waals surface area contributed by atoms with Crippen molar-refractivity contribution in [3.05, 3.63) is 0 Å². The Labute approximate surface area is 159 Å². The van der Waals surface area contributed by atoms with Gasteiger partial charge in [0.2, 0.25) is 0 Å². The molecule has 2 saturated heterocycles. The summed E-state index contributed by atoms with van der Waals surface area (Å²) in [5.41, 5.74) is -5.24. The Bertz CT molecular complexity index is 596. The summed E-state index contributed by atoms with van der Waals surface area (Å²) >= 11 is 0. The van der Waals surface area contributed by atoms with E-state index in [1.54, 1.807) is 7.05 Å². The Morgan fingerprint density at radius 2 is 1.70 bits per heavy atom. The van der Waals surface area contributed by atoms with E-state index in [4.69, 9.17) is 0 Å². The molecule has 0 aromatic carbocycles. The lowest BCUT2D eigenvalue weighted by Crippen LogP contribution is -2.51. The number of guanidine groups is 1. The van der Waals surface area contributed by atoms with Crippen LogP contribution in [0.5, 0.6) is 0 Å². The number of sulfonamides is 1. The summed E-state index contributed by atoms with van der Waals surface area (Å²) in [5.74, 6) is 1.31. The van der Waals surface area contributed by atoms with Crippen LogP contribution in [0.4, 0.5) is 13.2 Å². The zero-order chi connectivity index (χ0) is 20.1. The van der Waals surface area contributed by atoms with E-state index in [0.717, 1.165) is 26.1 Å². The van der Waals surface area contributed by atoms with Gasteiger partial charge in [0.05, 0.1) is 0 Å². The van der Waals surface area contributed by atoms with Gasteiger partial charge in [0.15, 0.2) is 5.96 Å². The normalized spacial score (nSPS) is 22.8. The van der Waals surface area contributed by atoms with Crippen LogP contribution in [-0.4, -0.2) is 82.0 Å². The maximum atomic E-state index is 12.6. The predicted molar refractivity (Wildman–Crippen MR) is 98.9 cm³/mol. The number of hydrogen-bond acceptors (Lipinski definition) is 4. The molecule has 2 aliphatic heterocycles. The molecule has 2 aliphatic rings. The van der Waals surface area contributed by atoms with Gasteiger partial charge >= 0.3 is 15.5 Å². The van der Waals surface area contributed by atoms with Crippen LogP contribution in [0.2, 0.25) is 0 Å². The molecule has 0 atom stereocenters. The number of nitrogens with zero attached hydrogens (tertiary/aromatic N) is 3. The molecule has 0 aliphatic carbocycles. The molecule has 0 amide bonds. The number of aliphatic imine (C=N–C) groups is 1. The number of likely N-dealkylation sites (tertiary alicyclic amines) is 1. The highest BCUT2D eigenvalue weighted by molar-refractivity contribution is 7.90. The van der Waals surface area contributed by atoms with Gasteiger partial charge in [-0.05, 0) is 58.2 Å². The second-order valence-electron chi connectivity index (χ2n) is 7.30. The molecular weight excluding hydrogens is 383 g/mol. The Morgan fingerprint density at radius 1 is 1.11 bits per heavy atom. The fourth-order valence-electron chi connectivity index (χ4n) is 3.52. The van der Waals surface area contributed by atoms with Crippen LogP contribution in [0.3, 0.4) is 0 Å². The van der Waals surface area contributed by atoms with Gasteiger partial charge in [-0.2, -0.15) is 17.5 Å². The maximum absolute atomic E-state index is 12.6. The van der Waals surface area contributed by atoms with Gasteiger partial charge < -0.3 is 15.5 Å². The average Bonchev–Trinajstić information content (AvgIpc) is 2.62. The molecule has 2 rings (SSSR count). The quantitative estimate of drug-likeness (QED) is 0.523. The first-order chi connectivity index (χ1) is 12.6. The zero-order valence-electron chi connectivity index (χ0n) is 15.9. The van der Waals surface area contributed by atoms with Gasteiger partial charge in [-0.15, -0.1) is 0 Å². The minimum Gasteiger partial charge on any atom is -0.356 e. The SMILES string of the molecule is CN=C(NCCC1CCN(C)CC1)NC1CCN(S(=O)(=O)C(F)(F)F)CC1. The van der Waals surface area contributed by atoms with Gasteiger partial charge in [-0.1, -0.05) is 0 Å². The van der Waals surface area contributed by atoms with Gasteiger partial charge in [0.1, 0.15) is 0 Å². The van der Waals surface area contributed by atoms with Gasteiger partial charge in [0, 0.05) is 32.7 Å². The lowest BCUT2D eigenvalue weighted by atomic mass is 9.94. The molecule has 0 aromatic heterocycles. The summed E-state index contributed by atoms with van der Waals surface area (Å²) in [6.07, 6.45) is 4.06. The van der Waals surface area contributed by atoms with E-state index in [1.165, 1.54) is 12.8 Å². The molecule has 0 aromatic rings. The fraction of sp³-hybridized carbons (Fsp3) is 0.938. The molecule has 2 heterocycles.